The highest BCUT2D eigenvalue weighted by Crippen LogP contribution is 2.15. The van der Waals surface area contributed by atoms with Gasteiger partial charge in [0.2, 0.25) is 0 Å². The fraction of sp³-hybridized carbons (Fsp3) is 0.417. The molecule has 0 aliphatic rings. The zero-order chi connectivity index (χ0) is 13.0. The molecule has 1 atom stereocenters. The summed E-state index contributed by atoms with van der Waals surface area (Å²) in [7, 11) is 1.74. The molecule has 0 spiro atoms. The van der Waals surface area contributed by atoms with Gasteiger partial charge in [-0.05, 0) is 35.2 Å². The summed E-state index contributed by atoms with van der Waals surface area (Å²) >= 11 is 3.40. The lowest BCUT2D eigenvalue weighted by molar-refractivity contribution is 0.223. The number of hydrogen-bond donors (Lipinski definition) is 1. The van der Waals surface area contributed by atoms with Gasteiger partial charge < -0.3 is 5.11 Å². The van der Waals surface area contributed by atoms with Crippen molar-refractivity contribution in [3.63, 3.8) is 0 Å². The summed E-state index contributed by atoms with van der Waals surface area (Å²) in [6.45, 7) is 0.119. The van der Waals surface area contributed by atoms with Crippen molar-refractivity contribution in [3.05, 3.63) is 40.1 Å². The van der Waals surface area contributed by atoms with Gasteiger partial charge in [0, 0.05) is 17.5 Å². The van der Waals surface area contributed by atoms with Gasteiger partial charge in [-0.3, -0.25) is 0 Å². The van der Waals surface area contributed by atoms with Crippen LogP contribution < -0.4 is 0 Å². The van der Waals surface area contributed by atoms with Crippen LogP contribution in [0.15, 0.2) is 28.7 Å². The Morgan fingerprint density at radius 2 is 2.00 bits per heavy atom. The van der Waals surface area contributed by atoms with Gasteiger partial charge in [-0.25, -0.2) is 0 Å². The van der Waals surface area contributed by atoms with E-state index in [1.165, 1.54) is 10.4 Å². The van der Waals surface area contributed by atoms with Gasteiger partial charge in [0.15, 0.2) is 5.82 Å². The summed E-state index contributed by atoms with van der Waals surface area (Å²) in [5.41, 5.74) is 1.20. The SMILES string of the molecule is Cn1nnc(CC(CO)Cc2ccc(Br)cc2)n1. The first kappa shape index (κ1) is 13.2. The first-order valence-electron chi connectivity index (χ1n) is 5.75. The van der Waals surface area contributed by atoms with Crippen molar-refractivity contribution < 1.29 is 5.11 Å². The summed E-state index contributed by atoms with van der Waals surface area (Å²) in [6.07, 6.45) is 1.45. The van der Waals surface area contributed by atoms with Crippen LogP contribution in [0.5, 0.6) is 0 Å². The molecule has 1 aromatic carbocycles. The first-order valence-corrected chi connectivity index (χ1v) is 6.55. The monoisotopic (exact) mass is 310 g/mol. The van der Waals surface area contributed by atoms with E-state index in [2.05, 4.69) is 43.5 Å². The summed E-state index contributed by atoms with van der Waals surface area (Å²) in [5.74, 6) is 0.795. The lowest BCUT2D eigenvalue weighted by Crippen LogP contribution is -2.14. The normalized spacial score (nSPS) is 12.6. The molecule has 0 fully saturated rings. The van der Waals surface area contributed by atoms with E-state index in [4.69, 9.17) is 0 Å². The number of tetrazole rings is 1. The van der Waals surface area contributed by atoms with E-state index < -0.39 is 0 Å². The molecule has 0 aliphatic carbocycles. The number of rotatable bonds is 5. The van der Waals surface area contributed by atoms with Crippen molar-refractivity contribution in [2.24, 2.45) is 13.0 Å². The number of aromatic nitrogens is 4. The first-order chi connectivity index (χ1) is 8.67. The molecule has 0 saturated carbocycles. The zero-order valence-electron chi connectivity index (χ0n) is 10.1. The largest absolute Gasteiger partial charge is 0.396 e. The predicted molar refractivity (Wildman–Crippen MR) is 70.9 cm³/mol. The Hall–Kier alpha value is -1.27. The van der Waals surface area contributed by atoms with Crippen LogP contribution in [0.3, 0.4) is 0 Å². The molecule has 18 heavy (non-hydrogen) atoms. The maximum absolute atomic E-state index is 9.42. The minimum Gasteiger partial charge on any atom is -0.396 e. The second kappa shape index (κ2) is 6.06. The highest BCUT2D eigenvalue weighted by molar-refractivity contribution is 9.10. The number of aryl methyl sites for hydroxylation is 1. The topological polar surface area (TPSA) is 63.8 Å². The fourth-order valence-electron chi connectivity index (χ4n) is 1.82. The molecule has 0 saturated heterocycles. The van der Waals surface area contributed by atoms with Crippen molar-refractivity contribution in [2.75, 3.05) is 6.61 Å². The molecule has 6 heteroatoms. The molecule has 2 rings (SSSR count). The third kappa shape index (κ3) is 3.61. The fourth-order valence-corrected chi connectivity index (χ4v) is 2.08. The number of hydrogen-bond acceptors (Lipinski definition) is 4. The van der Waals surface area contributed by atoms with Crippen LogP contribution >= 0.6 is 15.9 Å². The van der Waals surface area contributed by atoms with Crippen LogP contribution in [0.4, 0.5) is 0 Å². The van der Waals surface area contributed by atoms with Crippen LogP contribution in [-0.2, 0) is 19.9 Å². The van der Waals surface area contributed by atoms with Crippen molar-refractivity contribution in [3.8, 4) is 0 Å². The molecule has 5 nitrogen and oxygen atoms in total. The van der Waals surface area contributed by atoms with Gasteiger partial charge in [-0.1, -0.05) is 28.1 Å². The number of aliphatic hydroxyl groups is 1. The maximum atomic E-state index is 9.42. The standard InChI is InChI=1S/C12H15BrN4O/c1-17-15-12(14-16-17)7-10(8-18)6-9-2-4-11(13)5-3-9/h2-5,10,18H,6-8H2,1H3. The highest BCUT2D eigenvalue weighted by Gasteiger charge is 2.13. The van der Waals surface area contributed by atoms with Crippen molar-refractivity contribution in [2.45, 2.75) is 12.8 Å². The Morgan fingerprint density at radius 3 is 2.56 bits per heavy atom. The van der Waals surface area contributed by atoms with Crippen LogP contribution in [0, 0.1) is 5.92 Å². The Balaban J connectivity index is 1.99. The molecule has 1 unspecified atom stereocenters. The second-order valence-corrected chi connectivity index (χ2v) is 5.19. The van der Waals surface area contributed by atoms with E-state index in [1.807, 2.05) is 12.1 Å². The second-order valence-electron chi connectivity index (χ2n) is 4.28. The smallest absolute Gasteiger partial charge is 0.175 e. The summed E-state index contributed by atoms with van der Waals surface area (Å²) in [6, 6.07) is 8.11. The van der Waals surface area contributed by atoms with Crippen molar-refractivity contribution in [1.29, 1.82) is 0 Å². The summed E-state index contributed by atoms with van der Waals surface area (Å²) < 4.78 is 1.06. The van der Waals surface area contributed by atoms with Crippen LogP contribution in [0.25, 0.3) is 0 Å². The Kier molecular flexibility index (Phi) is 4.43. The van der Waals surface area contributed by atoms with E-state index in [-0.39, 0.29) is 12.5 Å². The zero-order valence-corrected chi connectivity index (χ0v) is 11.7. The highest BCUT2D eigenvalue weighted by atomic mass is 79.9. The number of halogens is 1. The van der Waals surface area contributed by atoms with E-state index in [0.29, 0.717) is 12.2 Å². The Bertz CT molecular complexity index is 497. The maximum Gasteiger partial charge on any atom is 0.175 e. The van der Waals surface area contributed by atoms with E-state index in [1.54, 1.807) is 7.05 Å². The lowest BCUT2D eigenvalue weighted by atomic mass is 9.97. The third-order valence-electron chi connectivity index (χ3n) is 2.72. The van der Waals surface area contributed by atoms with Crippen molar-refractivity contribution in [1.82, 2.24) is 20.2 Å². The van der Waals surface area contributed by atoms with E-state index in [0.717, 1.165) is 10.9 Å². The van der Waals surface area contributed by atoms with Crippen LogP contribution in [0.1, 0.15) is 11.4 Å². The molecule has 1 heterocycles. The average molecular weight is 311 g/mol. The van der Waals surface area contributed by atoms with E-state index in [9.17, 15) is 5.11 Å². The lowest BCUT2D eigenvalue weighted by Gasteiger charge is -2.11. The van der Waals surface area contributed by atoms with E-state index >= 15 is 0 Å². The van der Waals surface area contributed by atoms with Crippen LogP contribution in [-0.4, -0.2) is 31.9 Å². The van der Waals surface area contributed by atoms with Gasteiger partial charge in [0.25, 0.3) is 0 Å². The van der Waals surface area contributed by atoms with Crippen LogP contribution in [0.2, 0.25) is 0 Å². The molecule has 0 bridgehead atoms. The average Bonchev–Trinajstić information content (AvgIpc) is 2.77. The molecule has 1 aromatic heterocycles. The number of aliphatic hydroxyl groups excluding tert-OH is 1. The minimum atomic E-state index is 0.119. The molecule has 0 amide bonds. The molecular weight excluding hydrogens is 296 g/mol. The Labute approximate surface area is 114 Å². The molecule has 0 radical (unpaired) electrons. The quantitative estimate of drug-likeness (QED) is 0.906. The Morgan fingerprint density at radius 1 is 1.28 bits per heavy atom. The molecule has 2 aromatic rings. The summed E-state index contributed by atoms with van der Waals surface area (Å²) in [5, 5.41) is 21.3. The van der Waals surface area contributed by atoms with Gasteiger partial charge in [-0.15, -0.1) is 10.2 Å². The third-order valence-corrected chi connectivity index (χ3v) is 3.25. The number of nitrogens with zero attached hydrogens (tertiary/aromatic N) is 4. The molecule has 96 valence electrons. The van der Waals surface area contributed by atoms with Gasteiger partial charge >= 0.3 is 0 Å². The number of benzene rings is 1. The van der Waals surface area contributed by atoms with Gasteiger partial charge in [0.05, 0.1) is 7.05 Å². The molecular formula is C12H15BrN4O. The molecule has 1 N–H and O–H groups in total. The van der Waals surface area contributed by atoms with Crippen molar-refractivity contribution >= 4 is 15.9 Å². The predicted octanol–water partition coefficient (Wildman–Crippen LogP) is 1.37. The van der Waals surface area contributed by atoms with Gasteiger partial charge in [-0.2, -0.15) is 4.80 Å². The minimum absolute atomic E-state index is 0.119. The summed E-state index contributed by atoms with van der Waals surface area (Å²) in [4.78, 5) is 1.43. The molecule has 0 aliphatic heterocycles. The van der Waals surface area contributed by atoms with Gasteiger partial charge in [0.1, 0.15) is 0 Å².